The fourth-order valence-electron chi connectivity index (χ4n) is 2.81. The molecule has 2 nitrogen and oxygen atoms in total. The fourth-order valence-corrected chi connectivity index (χ4v) is 2.81. The molecule has 116 valence electrons. The standard InChI is InChI=1S/C17H38NO/c1-4-6-8-10-12-15-18(3,16-13-17-19)14-11-9-7-5-2/h19H,4-17H2,1-3H3/q+1. The molecule has 0 bridgehead atoms. The number of hydrogen-bond acceptors (Lipinski definition) is 1. The second-order valence-electron chi connectivity index (χ2n) is 6.34. The molecule has 0 aromatic rings. The highest BCUT2D eigenvalue weighted by molar-refractivity contribution is 4.48. The van der Waals surface area contributed by atoms with Gasteiger partial charge < -0.3 is 9.59 Å². The van der Waals surface area contributed by atoms with Crippen LogP contribution in [0.15, 0.2) is 0 Å². The maximum atomic E-state index is 9.07. The first-order valence-electron chi connectivity index (χ1n) is 8.63. The van der Waals surface area contributed by atoms with Crippen LogP contribution >= 0.6 is 0 Å². The summed E-state index contributed by atoms with van der Waals surface area (Å²) in [4.78, 5) is 0. The van der Waals surface area contributed by atoms with Crippen molar-refractivity contribution in [2.75, 3.05) is 33.3 Å². The summed E-state index contributed by atoms with van der Waals surface area (Å²) in [5.41, 5.74) is 0. The van der Waals surface area contributed by atoms with Crippen LogP contribution < -0.4 is 0 Å². The van der Waals surface area contributed by atoms with E-state index in [1.807, 2.05) is 0 Å². The van der Waals surface area contributed by atoms with Gasteiger partial charge in [-0.1, -0.05) is 46.0 Å². The summed E-state index contributed by atoms with van der Waals surface area (Å²) in [6.07, 6.45) is 13.2. The van der Waals surface area contributed by atoms with Crippen molar-refractivity contribution in [1.29, 1.82) is 0 Å². The minimum Gasteiger partial charge on any atom is -0.396 e. The van der Waals surface area contributed by atoms with Crippen LogP contribution in [0.25, 0.3) is 0 Å². The van der Waals surface area contributed by atoms with Crippen LogP contribution in [0.2, 0.25) is 0 Å². The van der Waals surface area contributed by atoms with Crippen molar-refractivity contribution in [1.82, 2.24) is 0 Å². The van der Waals surface area contributed by atoms with Gasteiger partial charge in [0.1, 0.15) is 0 Å². The van der Waals surface area contributed by atoms with Gasteiger partial charge in [-0.2, -0.15) is 0 Å². The molecule has 0 aliphatic carbocycles. The van der Waals surface area contributed by atoms with Gasteiger partial charge in [-0.15, -0.1) is 0 Å². The first-order valence-corrected chi connectivity index (χ1v) is 8.63. The highest BCUT2D eigenvalue weighted by Gasteiger charge is 2.19. The highest BCUT2D eigenvalue weighted by Crippen LogP contribution is 2.13. The van der Waals surface area contributed by atoms with Gasteiger partial charge >= 0.3 is 0 Å². The molecule has 0 amide bonds. The Labute approximate surface area is 121 Å². The van der Waals surface area contributed by atoms with E-state index in [1.165, 1.54) is 75.4 Å². The van der Waals surface area contributed by atoms with Gasteiger partial charge in [0.2, 0.25) is 0 Å². The quantitative estimate of drug-likeness (QED) is 0.368. The lowest BCUT2D eigenvalue weighted by Gasteiger charge is -2.35. The largest absolute Gasteiger partial charge is 0.396 e. The van der Waals surface area contributed by atoms with Crippen LogP contribution in [0.3, 0.4) is 0 Å². The third-order valence-corrected chi connectivity index (χ3v) is 4.21. The molecule has 0 spiro atoms. The number of aliphatic hydroxyl groups excluding tert-OH is 1. The molecule has 0 saturated heterocycles. The van der Waals surface area contributed by atoms with Crippen molar-refractivity contribution in [3.63, 3.8) is 0 Å². The van der Waals surface area contributed by atoms with E-state index in [9.17, 15) is 0 Å². The summed E-state index contributed by atoms with van der Waals surface area (Å²) in [6, 6.07) is 0. The molecule has 0 aliphatic rings. The summed E-state index contributed by atoms with van der Waals surface area (Å²) >= 11 is 0. The van der Waals surface area contributed by atoms with Crippen LogP contribution in [0.4, 0.5) is 0 Å². The summed E-state index contributed by atoms with van der Waals surface area (Å²) < 4.78 is 1.18. The summed E-state index contributed by atoms with van der Waals surface area (Å²) in [6.45, 7) is 8.64. The van der Waals surface area contributed by atoms with Crippen LogP contribution in [0.5, 0.6) is 0 Å². The molecule has 0 fully saturated rings. The van der Waals surface area contributed by atoms with Gasteiger partial charge in [0.05, 0.1) is 26.7 Å². The third-order valence-electron chi connectivity index (χ3n) is 4.21. The molecule has 1 unspecified atom stereocenters. The zero-order chi connectivity index (χ0) is 14.4. The van der Waals surface area contributed by atoms with Gasteiger partial charge in [0.15, 0.2) is 0 Å². The SMILES string of the molecule is CCCCCCC[N+](C)(CCCO)CCCCCC. The van der Waals surface area contributed by atoms with E-state index in [-0.39, 0.29) is 0 Å². The lowest BCUT2D eigenvalue weighted by molar-refractivity contribution is -0.910. The number of hydrogen-bond donors (Lipinski definition) is 1. The van der Waals surface area contributed by atoms with Gasteiger partial charge in [0, 0.05) is 13.0 Å². The van der Waals surface area contributed by atoms with Gasteiger partial charge in [-0.05, 0) is 25.7 Å². The van der Waals surface area contributed by atoms with Crippen LogP contribution in [-0.4, -0.2) is 42.9 Å². The van der Waals surface area contributed by atoms with Gasteiger partial charge in [-0.3, -0.25) is 0 Å². The molecule has 0 aliphatic heterocycles. The van der Waals surface area contributed by atoms with Gasteiger partial charge in [-0.25, -0.2) is 0 Å². The van der Waals surface area contributed by atoms with E-state index < -0.39 is 0 Å². The van der Waals surface area contributed by atoms with Crippen molar-refractivity contribution in [2.24, 2.45) is 0 Å². The second kappa shape index (κ2) is 12.9. The van der Waals surface area contributed by atoms with E-state index in [0.29, 0.717) is 6.61 Å². The Morgan fingerprint density at radius 3 is 1.53 bits per heavy atom. The lowest BCUT2D eigenvalue weighted by atomic mass is 10.1. The van der Waals surface area contributed by atoms with Crippen molar-refractivity contribution in [3.05, 3.63) is 0 Å². The highest BCUT2D eigenvalue weighted by atomic mass is 16.3. The number of nitrogens with zero attached hydrogens (tertiary/aromatic N) is 1. The maximum absolute atomic E-state index is 9.07. The molecule has 1 N–H and O–H groups in total. The number of unbranched alkanes of at least 4 members (excludes halogenated alkanes) is 7. The molecule has 19 heavy (non-hydrogen) atoms. The van der Waals surface area contributed by atoms with Crippen LogP contribution in [-0.2, 0) is 0 Å². The topological polar surface area (TPSA) is 20.2 Å². The molecule has 1 atom stereocenters. The Hall–Kier alpha value is -0.0800. The monoisotopic (exact) mass is 272 g/mol. The van der Waals surface area contributed by atoms with Crippen LogP contribution in [0, 0.1) is 0 Å². The molecular weight excluding hydrogens is 234 g/mol. The molecule has 0 aromatic heterocycles. The Kier molecular flexibility index (Phi) is 12.9. The normalized spacial score (nSPS) is 14.5. The maximum Gasteiger partial charge on any atom is 0.0806 e. The molecule has 0 rings (SSSR count). The summed E-state index contributed by atoms with van der Waals surface area (Å²) in [5.74, 6) is 0. The molecule has 0 radical (unpaired) electrons. The van der Waals surface area contributed by atoms with Crippen molar-refractivity contribution in [2.45, 2.75) is 78.1 Å². The number of quaternary nitrogens is 1. The Morgan fingerprint density at radius 1 is 0.632 bits per heavy atom. The van der Waals surface area contributed by atoms with Crippen molar-refractivity contribution in [3.8, 4) is 0 Å². The van der Waals surface area contributed by atoms with Crippen LogP contribution in [0.1, 0.15) is 78.1 Å². The van der Waals surface area contributed by atoms with E-state index in [0.717, 1.165) is 13.0 Å². The number of rotatable bonds is 14. The third kappa shape index (κ3) is 11.4. The van der Waals surface area contributed by atoms with E-state index in [1.54, 1.807) is 0 Å². The first kappa shape index (κ1) is 18.9. The van der Waals surface area contributed by atoms with E-state index >= 15 is 0 Å². The zero-order valence-corrected chi connectivity index (χ0v) is 13.8. The minimum absolute atomic E-state index is 0.346. The number of aliphatic hydroxyl groups is 1. The van der Waals surface area contributed by atoms with E-state index in [4.69, 9.17) is 5.11 Å². The van der Waals surface area contributed by atoms with E-state index in [2.05, 4.69) is 20.9 Å². The first-order chi connectivity index (χ1) is 9.18. The Morgan fingerprint density at radius 2 is 1.05 bits per heavy atom. The van der Waals surface area contributed by atoms with Gasteiger partial charge in [0.25, 0.3) is 0 Å². The van der Waals surface area contributed by atoms with Crippen molar-refractivity contribution < 1.29 is 9.59 Å². The molecule has 0 heterocycles. The smallest absolute Gasteiger partial charge is 0.0806 e. The average molecular weight is 272 g/mol. The zero-order valence-electron chi connectivity index (χ0n) is 13.8. The summed E-state index contributed by atoms with van der Waals surface area (Å²) in [7, 11) is 2.39. The average Bonchev–Trinajstić information content (AvgIpc) is 2.41. The molecule has 2 heteroatoms. The summed E-state index contributed by atoms with van der Waals surface area (Å²) in [5, 5.41) is 9.07. The molecule has 0 saturated carbocycles. The Bertz CT molecular complexity index is 184. The molecular formula is C17H38NO+. The minimum atomic E-state index is 0.346. The molecule has 0 aromatic carbocycles. The van der Waals surface area contributed by atoms with Crippen molar-refractivity contribution >= 4 is 0 Å². The fraction of sp³-hybridized carbons (Fsp3) is 1.00. The predicted molar refractivity (Wildman–Crippen MR) is 85.4 cm³/mol. The lowest BCUT2D eigenvalue weighted by Crippen LogP contribution is -2.46. The predicted octanol–water partition coefficient (Wildman–Crippen LogP) is 4.37. The second-order valence-corrected chi connectivity index (χ2v) is 6.34. The Balaban J connectivity index is 3.88.